The second-order valence-corrected chi connectivity index (χ2v) is 8.04. The predicted molar refractivity (Wildman–Crippen MR) is 120 cm³/mol. The van der Waals surface area contributed by atoms with Crippen molar-refractivity contribution in [1.82, 2.24) is 25.1 Å². The lowest BCUT2D eigenvalue weighted by molar-refractivity contribution is -0.118. The van der Waals surface area contributed by atoms with Gasteiger partial charge in [-0.3, -0.25) is 14.5 Å². The second kappa shape index (κ2) is 9.00. The number of thioether (sulfide) groups is 1. The van der Waals surface area contributed by atoms with Crippen LogP contribution in [0, 0.1) is 13.8 Å². The summed E-state index contributed by atoms with van der Waals surface area (Å²) in [4.78, 5) is 16.8. The van der Waals surface area contributed by atoms with Crippen LogP contribution in [0.1, 0.15) is 16.7 Å². The molecule has 4 rings (SSSR count). The molecular formula is C23H23N5OS. The highest BCUT2D eigenvalue weighted by molar-refractivity contribution is 7.99. The molecule has 6 nitrogen and oxygen atoms in total. The number of imidazole rings is 1. The first-order valence-corrected chi connectivity index (χ1v) is 10.7. The molecule has 2 N–H and O–H groups in total. The monoisotopic (exact) mass is 417 g/mol. The minimum Gasteiger partial charge on any atom is -0.351 e. The maximum Gasteiger partial charge on any atom is 0.230 e. The number of carbonyl (C=O) groups is 1. The van der Waals surface area contributed by atoms with E-state index in [1.54, 1.807) is 12.4 Å². The normalized spacial score (nSPS) is 10.9. The van der Waals surface area contributed by atoms with Gasteiger partial charge in [-0.2, -0.15) is 5.10 Å². The Bertz CT molecular complexity index is 1130. The second-order valence-electron chi connectivity index (χ2n) is 7.10. The van der Waals surface area contributed by atoms with E-state index in [0.717, 1.165) is 27.7 Å². The number of amides is 1. The molecular weight excluding hydrogens is 394 g/mol. The Labute approximate surface area is 179 Å². The zero-order valence-electron chi connectivity index (χ0n) is 16.9. The molecule has 0 spiro atoms. The maximum atomic E-state index is 12.4. The third-order valence-electron chi connectivity index (χ3n) is 4.82. The molecule has 2 aromatic heterocycles. The molecule has 2 heterocycles. The number of carbonyl (C=O) groups excluding carboxylic acids is 1. The summed E-state index contributed by atoms with van der Waals surface area (Å²) in [6.07, 6.45) is 5.43. The lowest BCUT2D eigenvalue weighted by Crippen LogP contribution is -2.24. The van der Waals surface area contributed by atoms with E-state index in [9.17, 15) is 4.79 Å². The molecule has 0 atom stereocenters. The fourth-order valence-electron chi connectivity index (χ4n) is 3.16. The van der Waals surface area contributed by atoms with E-state index in [2.05, 4.69) is 52.5 Å². The van der Waals surface area contributed by atoms with Crippen LogP contribution in [0.3, 0.4) is 0 Å². The summed E-state index contributed by atoms with van der Waals surface area (Å²) >= 11 is 1.44. The van der Waals surface area contributed by atoms with Gasteiger partial charge >= 0.3 is 0 Å². The third kappa shape index (κ3) is 4.63. The average molecular weight is 418 g/mol. The fourth-order valence-corrected chi connectivity index (χ4v) is 3.96. The van der Waals surface area contributed by atoms with Gasteiger partial charge < -0.3 is 5.32 Å². The van der Waals surface area contributed by atoms with Crippen LogP contribution in [0.4, 0.5) is 0 Å². The predicted octanol–water partition coefficient (Wildman–Crippen LogP) is 4.29. The van der Waals surface area contributed by atoms with Crippen LogP contribution in [0.15, 0.2) is 72.3 Å². The molecule has 0 radical (unpaired) electrons. The highest BCUT2D eigenvalue weighted by atomic mass is 32.2. The van der Waals surface area contributed by atoms with Gasteiger partial charge in [0.25, 0.3) is 0 Å². The Morgan fingerprint density at radius 2 is 1.93 bits per heavy atom. The number of nitrogens with zero attached hydrogens (tertiary/aromatic N) is 3. The van der Waals surface area contributed by atoms with Crippen molar-refractivity contribution in [2.45, 2.75) is 25.5 Å². The topological polar surface area (TPSA) is 75.6 Å². The molecule has 1 amide bonds. The first-order chi connectivity index (χ1) is 14.6. The number of benzene rings is 2. The number of aryl methyl sites for hydroxylation is 2. The average Bonchev–Trinajstić information content (AvgIpc) is 3.45. The standard InChI is InChI=1S/C23H23N5OS/c1-16-3-4-17(2)21(13-16)28-12-11-24-23(28)30-15-22(29)25-14-18-5-7-19(8-6-18)20-9-10-26-27-20/h3-13H,14-15H2,1-2H3,(H,25,29)(H,26,27). The van der Waals surface area contributed by atoms with Gasteiger partial charge in [0.1, 0.15) is 0 Å². The summed E-state index contributed by atoms with van der Waals surface area (Å²) in [5.41, 5.74) is 6.54. The third-order valence-corrected chi connectivity index (χ3v) is 5.79. The van der Waals surface area contributed by atoms with E-state index in [0.29, 0.717) is 12.3 Å². The van der Waals surface area contributed by atoms with Crippen molar-refractivity contribution in [3.05, 3.63) is 83.8 Å². The smallest absolute Gasteiger partial charge is 0.230 e. The van der Waals surface area contributed by atoms with E-state index in [1.807, 2.05) is 41.1 Å². The fraction of sp³-hybridized carbons (Fsp3) is 0.174. The zero-order chi connectivity index (χ0) is 20.9. The van der Waals surface area contributed by atoms with Gasteiger partial charge in [-0.25, -0.2) is 4.98 Å². The van der Waals surface area contributed by atoms with Crippen LogP contribution in [0.2, 0.25) is 0 Å². The van der Waals surface area contributed by atoms with Crippen LogP contribution in [-0.2, 0) is 11.3 Å². The minimum atomic E-state index is -0.0202. The van der Waals surface area contributed by atoms with E-state index < -0.39 is 0 Å². The molecule has 152 valence electrons. The van der Waals surface area contributed by atoms with Crippen LogP contribution < -0.4 is 5.32 Å². The van der Waals surface area contributed by atoms with Crippen LogP contribution in [-0.4, -0.2) is 31.4 Å². The molecule has 30 heavy (non-hydrogen) atoms. The first kappa shape index (κ1) is 20.0. The van der Waals surface area contributed by atoms with Crippen molar-refractivity contribution in [2.75, 3.05) is 5.75 Å². The van der Waals surface area contributed by atoms with Gasteiger partial charge in [-0.05, 0) is 48.2 Å². The molecule has 0 fully saturated rings. The van der Waals surface area contributed by atoms with Gasteiger partial charge in [0.05, 0.1) is 17.1 Å². The summed E-state index contributed by atoms with van der Waals surface area (Å²) in [6.45, 7) is 4.64. The van der Waals surface area contributed by atoms with Crippen molar-refractivity contribution >= 4 is 17.7 Å². The lowest BCUT2D eigenvalue weighted by atomic mass is 10.1. The lowest BCUT2D eigenvalue weighted by Gasteiger charge is -2.11. The summed E-state index contributed by atoms with van der Waals surface area (Å²) < 4.78 is 2.04. The number of nitrogens with one attached hydrogen (secondary N) is 2. The number of H-pyrrole nitrogens is 1. The summed E-state index contributed by atoms with van der Waals surface area (Å²) in [5, 5.41) is 10.7. The van der Waals surface area contributed by atoms with Crippen molar-refractivity contribution < 1.29 is 4.79 Å². The molecule has 7 heteroatoms. The van der Waals surface area contributed by atoms with Gasteiger partial charge in [-0.15, -0.1) is 0 Å². The number of aromatic nitrogens is 4. The molecule has 0 aliphatic rings. The summed E-state index contributed by atoms with van der Waals surface area (Å²) in [5.74, 6) is 0.293. The van der Waals surface area contributed by atoms with E-state index in [1.165, 1.54) is 22.9 Å². The molecule has 0 aliphatic carbocycles. The van der Waals surface area contributed by atoms with Gasteiger partial charge in [0.15, 0.2) is 5.16 Å². The number of hydrogen-bond donors (Lipinski definition) is 2. The molecule has 0 unspecified atom stereocenters. The number of rotatable bonds is 7. The summed E-state index contributed by atoms with van der Waals surface area (Å²) in [6, 6.07) is 16.3. The van der Waals surface area contributed by atoms with Crippen LogP contribution in [0.25, 0.3) is 16.9 Å². The molecule has 0 aliphatic heterocycles. The molecule has 4 aromatic rings. The van der Waals surface area contributed by atoms with Crippen molar-refractivity contribution in [2.24, 2.45) is 0 Å². The Kier molecular flexibility index (Phi) is 5.99. The number of aromatic amines is 1. The van der Waals surface area contributed by atoms with E-state index >= 15 is 0 Å². The van der Waals surface area contributed by atoms with Crippen molar-refractivity contribution in [3.63, 3.8) is 0 Å². The van der Waals surface area contributed by atoms with Crippen molar-refractivity contribution in [3.8, 4) is 16.9 Å². The Morgan fingerprint density at radius 3 is 2.70 bits per heavy atom. The first-order valence-electron chi connectivity index (χ1n) is 9.69. The molecule has 0 saturated carbocycles. The quantitative estimate of drug-likeness (QED) is 0.440. The molecule has 2 aromatic carbocycles. The highest BCUT2D eigenvalue weighted by Crippen LogP contribution is 2.23. The molecule has 0 bridgehead atoms. The van der Waals surface area contributed by atoms with E-state index in [4.69, 9.17) is 0 Å². The van der Waals surface area contributed by atoms with Crippen LogP contribution in [0.5, 0.6) is 0 Å². The number of hydrogen-bond acceptors (Lipinski definition) is 4. The van der Waals surface area contributed by atoms with Gasteiger partial charge in [0.2, 0.25) is 5.91 Å². The summed E-state index contributed by atoms with van der Waals surface area (Å²) in [7, 11) is 0. The minimum absolute atomic E-state index is 0.0202. The Morgan fingerprint density at radius 1 is 1.10 bits per heavy atom. The highest BCUT2D eigenvalue weighted by Gasteiger charge is 2.11. The largest absolute Gasteiger partial charge is 0.351 e. The van der Waals surface area contributed by atoms with E-state index in [-0.39, 0.29) is 5.91 Å². The maximum absolute atomic E-state index is 12.4. The van der Waals surface area contributed by atoms with Crippen LogP contribution >= 0.6 is 11.8 Å². The van der Waals surface area contributed by atoms with Crippen molar-refractivity contribution in [1.29, 1.82) is 0 Å². The SMILES string of the molecule is Cc1ccc(C)c(-n2ccnc2SCC(=O)NCc2ccc(-c3ccn[nH]3)cc2)c1. The zero-order valence-corrected chi connectivity index (χ0v) is 17.7. The Hall–Kier alpha value is -3.32. The van der Waals surface area contributed by atoms with Gasteiger partial charge in [0, 0.05) is 25.1 Å². The molecule has 0 saturated heterocycles. The Balaban J connectivity index is 1.33. The van der Waals surface area contributed by atoms with Gasteiger partial charge in [-0.1, -0.05) is 48.2 Å².